The summed E-state index contributed by atoms with van der Waals surface area (Å²) in [7, 11) is 2.12. The molecular weight excluding hydrogens is 225 g/mol. The Morgan fingerprint density at radius 3 is 2.54 bits per heavy atom. The van der Waals surface area contributed by atoms with E-state index in [1.807, 2.05) is 0 Å². The summed E-state index contributed by atoms with van der Waals surface area (Å²) in [5.74, 6) is 0. The molecule has 13 heavy (non-hydrogen) atoms. The topological polar surface area (TPSA) is 3.88 Å². The van der Waals surface area contributed by atoms with Crippen molar-refractivity contribution in [2.45, 2.75) is 30.4 Å². The van der Waals surface area contributed by atoms with Crippen molar-refractivity contribution in [2.24, 2.45) is 7.05 Å². The number of hydrogen-bond donors (Lipinski definition) is 0. The van der Waals surface area contributed by atoms with Crippen LogP contribution in [0.15, 0.2) is 24.4 Å². The van der Waals surface area contributed by atoms with Gasteiger partial charge in [-0.25, -0.2) is 0 Å². The van der Waals surface area contributed by atoms with Gasteiger partial charge in [0.15, 0.2) is 0 Å². The van der Waals surface area contributed by atoms with Gasteiger partial charge in [-0.1, -0.05) is 0 Å². The van der Waals surface area contributed by atoms with Crippen LogP contribution in [0.5, 0.6) is 0 Å². The van der Waals surface area contributed by atoms with Crippen LogP contribution in [0.4, 0.5) is 0 Å². The first-order valence-electron chi connectivity index (χ1n) is 4.56. The van der Waals surface area contributed by atoms with Crippen LogP contribution in [0.3, 0.4) is 0 Å². The van der Waals surface area contributed by atoms with Crippen LogP contribution in [0.1, 0.15) is 26.5 Å². The van der Waals surface area contributed by atoms with Gasteiger partial charge in [-0.15, -0.1) is 0 Å². The zero-order chi connectivity index (χ0) is 9.90. The molecule has 1 heterocycles. The van der Waals surface area contributed by atoms with Gasteiger partial charge in [0, 0.05) is 0 Å². The molecule has 0 unspecified atom stereocenters. The van der Waals surface area contributed by atoms with E-state index in [-0.39, 0.29) is 0 Å². The molecule has 0 saturated carbocycles. The van der Waals surface area contributed by atoms with Gasteiger partial charge in [-0.3, -0.25) is 0 Å². The second kappa shape index (κ2) is 4.25. The minimum absolute atomic E-state index is 0.496. The normalized spacial score (nSPS) is 11.7. The van der Waals surface area contributed by atoms with Gasteiger partial charge in [0.25, 0.3) is 0 Å². The maximum atomic E-state index is 2.32. The van der Waals surface area contributed by atoms with Crippen LogP contribution in [0.25, 0.3) is 0 Å². The molecule has 1 aromatic rings. The van der Waals surface area contributed by atoms with E-state index >= 15 is 0 Å². The summed E-state index contributed by atoms with van der Waals surface area (Å²) in [6.45, 7) is 6.95. The van der Waals surface area contributed by atoms with E-state index in [1.165, 1.54) is 11.0 Å². The van der Waals surface area contributed by atoms with Crippen LogP contribution in [-0.2, 0) is 12.4 Å². The Balaban J connectivity index is 2.60. The molecule has 0 amide bonds. The molecule has 1 rings (SSSR count). The Hall–Kier alpha value is -0.331. The van der Waals surface area contributed by atoms with E-state index in [2.05, 4.69) is 56.8 Å². The monoisotopic (exact) mass is 244 g/mol. The zero-order valence-corrected chi connectivity index (χ0v) is 10.6. The van der Waals surface area contributed by atoms with Crippen LogP contribution >= 0.6 is 0 Å². The van der Waals surface area contributed by atoms with Crippen molar-refractivity contribution in [3.05, 3.63) is 30.1 Å². The Bertz CT molecular complexity index is 276. The first-order chi connectivity index (χ1) is 5.99. The van der Waals surface area contributed by atoms with E-state index in [9.17, 15) is 0 Å². The molecule has 0 aliphatic rings. The molecule has 0 N–H and O–H groups in total. The van der Waals surface area contributed by atoms with Crippen LogP contribution in [0, 0.1) is 0 Å². The molecule has 0 aliphatic carbocycles. The average Bonchev–Trinajstić information content (AvgIpc) is 2.01. The Morgan fingerprint density at radius 1 is 1.31 bits per heavy atom. The molecule has 0 fully saturated rings. The SMILES string of the molecule is C[n+]1ccccc1C[Se]C(C)(C)C. The summed E-state index contributed by atoms with van der Waals surface area (Å²) in [5, 5.41) is 1.23. The molecule has 2 heteroatoms. The number of pyridine rings is 1. The van der Waals surface area contributed by atoms with Crippen molar-refractivity contribution in [1.82, 2.24) is 0 Å². The van der Waals surface area contributed by atoms with Crippen molar-refractivity contribution in [1.29, 1.82) is 0 Å². The molecule has 1 aromatic heterocycles. The number of aryl methyl sites for hydroxylation is 1. The van der Waals surface area contributed by atoms with Gasteiger partial charge in [0.05, 0.1) is 0 Å². The maximum absolute atomic E-state index is 2.32. The molecule has 0 atom stereocenters. The van der Waals surface area contributed by atoms with Gasteiger partial charge in [-0.2, -0.15) is 0 Å². The third-order valence-corrected chi connectivity index (χ3v) is 4.56. The molecule has 0 aliphatic heterocycles. The van der Waals surface area contributed by atoms with E-state index < -0.39 is 0 Å². The fraction of sp³-hybridized carbons (Fsp3) is 0.545. The Labute approximate surface area is 87.3 Å². The predicted octanol–water partition coefficient (Wildman–Crippen LogP) is 1.93. The first-order valence-corrected chi connectivity index (χ1v) is 6.63. The fourth-order valence-electron chi connectivity index (χ4n) is 0.999. The van der Waals surface area contributed by atoms with Crippen molar-refractivity contribution in [3.8, 4) is 0 Å². The standard InChI is InChI=1S/C11H18NSe/c1-11(2,3)13-9-10-7-5-6-8-12(10)4/h5-8H,9H2,1-4H3/q+1. The minimum atomic E-state index is 0.496. The quantitative estimate of drug-likeness (QED) is 0.552. The molecule has 0 radical (unpaired) electrons. The Morgan fingerprint density at radius 2 is 2.00 bits per heavy atom. The molecule has 0 saturated heterocycles. The molecule has 1 nitrogen and oxygen atoms in total. The summed E-state index contributed by atoms with van der Waals surface area (Å²) in [6, 6.07) is 6.41. The Kier molecular flexibility index (Phi) is 3.52. The second-order valence-corrected chi connectivity index (χ2v) is 7.98. The van der Waals surface area contributed by atoms with Gasteiger partial charge < -0.3 is 0 Å². The zero-order valence-electron chi connectivity index (χ0n) is 8.87. The van der Waals surface area contributed by atoms with Gasteiger partial charge in [-0.05, 0) is 0 Å². The molecule has 0 spiro atoms. The van der Waals surface area contributed by atoms with E-state index in [4.69, 9.17) is 0 Å². The third kappa shape index (κ3) is 3.93. The van der Waals surface area contributed by atoms with Crippen molar-refractivity contribution in [2.75, 3.05) is 0 Å². The third-order valence-electron chi connectivity index (χ3n) is 1.82. The predicted molar refractivity (Wildman–Crippen MR) is 56.8 cm³/mol. The summed E-state index contributed by atoms with van der Waals surface area (Å²) >= 11 is 0.687. The van der Waals surface area contributed by atoms with Crippen LogP contribution < -0.4 is 4.57 Å². The molecule has 0 bridgehead atoms. The fourth-order valence-corrected chi connectivity index (χ4v) is 2.85. The van der Waals surface area contributed by atoms with Crippen molar-refractivity contribution in [3.63, 3.8) is 0 Å². The summed E-state index contributed by atoms with van der Waals surface area (Å²) in [4.78, 5) is 0. The number of hydrogen-bond acceptors (Lipinski definition) is 0. The summed E-state index contributed by atoms with van der Waals surface area (Å²) in [5.41, 5.74) is 1.44. The second-order valence-electron chi connectivity index (χ2n) is 4.20. The number of rotatable bonds is 2. The summed E-state index contributed by atoms with van der Waals surface area (Å²) in [6.07, 6.45) is 2.12. The van der Waals surface area contributed by atoms with E-state index in [0.717, 1.165) is 0 Å². The van der Waals surface area contributed by atoms with Gasteiger partial charge in [0.2, 0.25) is 0 Å². The van der Waals surface area contributed by atoms with Crippen LogP contribution in [-0.4, -0.2) is 15.0 Å². The van der Waals surface area contributed by atoms with Crippen LogP contribution in [0.2, 0.25) is 4.31 Å². The molecular formula is C11H18NSe+. The number of nitrogens with zero attached hydrogens (tertiary/aromatic N) is 1. The van der Waals surface area contributed by atoms with E-state index in [1.54, 1.807) is 0 Å². The first kappa shape index (κ1) is 10.7. The van der Waals surface area contributed by atoms with Crippen molar-refractivity contribution < 1.29 is 4.57 Å². The number of aromatic nitrogens is 1. The van der Waals surface area contributed by atoms with Gasteiger partial charge in [0.1, 0.15) is 0 Å². The molecule has 0 aromatic carbocycles. The summed E-state index contributed by atoms with van der Waals surface area (Å²) < 4.78 is 2.71. The van der Waals surface area contributed by atoms with Gasteiger partial charge >= 0.3 is 87.1 Å². The average molecular weight is 243 g/mol. The van der Waals surface area contributed by atoms with E-state index in [0.29, 0.717) is 19.3 Å². The van der Waals surface area contributed by atoms with Crippen molar-refractivity contribution >= 4 is 15.0 Å². The molecule has 72 valence electrons.